The Kier molecular flexibility index (Phi) is 2.24. The molecule has 1 heterocycles. The van der Waals surface area contributed by atoms with Crippen molar-refractivity contribution in [1.29, 1.82) is 0 Å². The quantitative estimate of drug-likeness (QED) is 0.561. The fraction of sp³-hybridized carbons (Fsp3) is 0.714. The SMILES string of the molecule is CC(=O)C1CN(C(=O)CO)C1. The average molecular weight is 157 g/mol. The monoisotopic (exact) mass is 157 g/mol. The Hall–Kier alpha value is -0.900. The fourth-order valence-corrected chi connectivity index (χ4v) is 1.04. The van der Waals surface area contributed by atoms with Crippen molar-refractivity contribution in [3.8, 4) is 0 Å². The number of rotatable bonds is 2. The zero-order chi connectivity index (χ0) is 8.43. The molecule has 0 aliphatic carbocycles. The molecule has 11 heavy (non-hydrogen) atoms. The molecule has 1 rings (SSSR count). The first-order chi connectivity index (χ1) is 5.15. The first-order valence-corrected chi connectivity index (χ1v) is 3.54. The van der Waals surface area contributed by atoms with E-state index in [1.165, 1.54) is 11.8 Å². The summed E-state index contributed by atoms with van der Waals surface area (Å²) in [6.45, 7) is 2.03. The maximum atomic E-state index is 10.7. The number of hydrogen-bond donors (Lipinski definition) is 1. The van der Waals surface area contributed by atoms with Gasteiger partial charge in [0.1, 0.15) is 12.4 Å². The molecule has 0 unspecified atom stereocenters. The Morgan fingerprint density at radius 3 is 2.45 bits per heavy atom. The Balaban J connectivity index is 2.29. The summed E-state index contributed by atoms with van der Waals surface area (Å²) in [4.78, 5) is 22.9. The van der Waals surface area contributed by atoms with Gasteiger partial charge in [0, 0.05) is 13.1 Å². The van der Waals surface area contributed by atoms with Crippen LogP contribution >= 0.6 is 0 Å². The highest BCUT2D eigenvalue weighted by Gasteiger charge is 2.32. The maximum Gasteiger partial charge on any atom is 0.248 e. The number of Topliss-reactive ketones (excluding diaryl/α,β-unsaturated/α-hetero) is 1. The predicted molar refractivity (Wildman–Crippen MR) is 37.8 cm³/mol. The van der Waals surface area contributed by atoms with Gasteiger partial charge in [0.25, 0.3) is 0 Å². The molecule has 0 spiro atoms. The van der Waals surface area contributed by atoms with Crippen LogP contribution in [0.3, 0.4) is 0 Å². The lowest BCUT2D eigenvalue weighted by Gasteiger charge is -2.37. The number of ketones is 1. The van der Waals surface area contributed by atoms with Crippen molar-refractivity contribution < 1.29 is 14.7 Å². The molecule has 62 valence electrons. The Morgan fingerprint density at radius 1 is 1.55 bits per heavy atom. The highest BCUT2D eigenvalue weighted by atomic mass is 16.3. The van der Waals surface area contributed by atoms with E-state index < -0.39 is 6.61 Å². The Labute approximate surface area is 64.8 Å². The minimum absolute atomic E-state index is 0.00509. The average Bonchev–Trinajstić information content (AvgIpc) is 1.83. The van der Waals surface area contributed by atoms with E-state index in [0.717, 1.165) is 0 Å². The minimum atomic E-state index is -0.454. The molecule has 0 atom stereocenters. The van der Waals surface area contributed by atoms with Crippen LogP contribution in [0.5, 0.6) is 0 Å². The summed E-state index contributed by atoms with van der Waals surface area (Å²) in [5, 5.41) is 8.42. The summed E-state index contributed by atoms with van der Waals surface area (Å²) in [5.41, 5.74) is 0. The molecular weight excluding hydrogens is 146 g/mol. The smallest absolute Gasteiger partial charge is 0.248 e. The molecule has 1 amide bonds. The standard InChI is InChI=1S/C7H11NO3/c1-5(10)6-2-8(3-6)7(11)4-9/h6,9H,2-4H2,1H3. The molecule has 1 aliphatic rings. The van der Waals surface area contributed by atoms with Crippen LogP contribution in [0.15, 0.2) is 0 Å². The van der Waals surface area contributed by atoms with Crippen LogP contribution in [0.1, 0.15) is 6.92 Å². The second-order valence-electron chi connectivity index (χ2n) is 2.76. The number of amides is 1. The molecule has 0 bridgehead atoms. The Morgan fingerprint density at radius 2 is 2.09 bits per heavy atom. The van der Waals surface area contributed by atoms with Gasteiger partial charge in [0.15, 0.2) is 0 Å². The number of aliphatic hydroxyl groups is 1. The van der Waals surface area contributed by atoms with Crippen LogP contribution in [-0.4, -0.2) is 41.4 Å². The molecule has 1 N–H and O–H groups in total. The van der Waals surface area contributed by atoms with Crippen LogP contribution in [0, 0.1) is 5.92 Å². The summed E-state index contributed by atoms with van der Waals surface area (Å²) < 4.78 is 0. The zero-order valence-corrected chi connectivity index (χ0v) is 6.41. The van der Waals surface area contributed by atoms with E-state index in [1.807, 2.05) is 0 Å². The number of aliphatic hydroxyl groups excluding tert-OH is 1. The Bertz CT molecular complexity index is 184. The molecule has 0 saturated carbocycles. The topological polar surface area (TPSA) is 57.6 Å². The lowest BCUT2D eigenvalue weighted by Crippen LogP contribution is -2.53. The third kappa shape index (κ3) is 1.57. The normalized spacial score (nSPS) is 17.8. The van der Waals surface area contributed by atoms with Crippen LogP contribution in [0.25, 0.3) is 0 Å². The first-order valence-electron chi connectivity index (χ1n) is 3.54. The van der Waals surface area contributed by atoms with E-state index in [4.69, 9.17) is 5.11 Å². The summed E-state index contributed by atoms with van der Waals surface area (Å²) in [7, 11) is 0. The van der Waals surface area contributed by atoms with Crippen molar-refractivity contribution in [1.82, 2.24) is 4.90 Å². The van der Waals surface area contributed by atoms with Gasteiger partial charge in [0.05, 0.1) is 5.92 Å². The number of hydrogen-bond acceptors (Lipinski definition) is 3. The maximum absolute atomic E-state index is 10.7. The second kappa shape index (κ2) is 3.00. The van der Waals surface area contributed by atoms with Crippen molar-refractivity contribution in [3.63, 3.8) is 0 Å². The number of carbonyl (C=O) groups excluding carboxylic acids is 2. The van der Waals surface area contributed by atoms with Gasteiger partial charge >= 0.3 is 0 Å². The van der Waals surface area contributed by atoms with E-state index in [-0.39, 0.29) is 17.6 Å². The van der Waals surface area contributed by atoms with Crippen molar-refractivity contribution in [2.75, 3.05) is 19.7 Å². The summed E-state index contributed by atoms with van der Waals surface area (Å²) >= 11 is 0. The molecule has 4 heteroatoms. The molecular formula is C7H11NO3. The van der Waals surface area contributed by atoms with E-state index in [2.05, 4.69) is 0 Å². The lowest BCUT2D eigenvalue weighted by atomic mass is 9.96. The zero-order valence-electron chi connectivity index (χ0n) is 6.41. The first kappa shape index (κ1) is 8.20. The van der Waals surface area contributed by atoms with Gasteiger partial charge < -0.3 is 10.0 Å². The predicted octanol–water partition coefficient (Wildman–Crippen LogP) is -0.974. The summed E-state index contributed by atoms with van der Waals surface area (Å²) in [6.07, 6.45) is 0. The summed E-state index contributed by atoms with van der Waals surface area (Å²) in [5.74, 6) is -0.167. The minimum Gasteiger partial charge on any atom is -0.387 e. The van der Waals surface area contributed by atoms with Crippen LogP contribution in [0.4, 0.5) is 0 Å². The van der Waals surface area contributed by atoms with E-state index in [1.54, 1.807) is 0 Å². The number of nitrogens with zero attached hydrogens (tertiary/aromatic N) is 1. The van der Waals surface area contributed by atoms with E-state index >= 15 is 0 Å². The molecule has 1 fully saturated rings. The van der Waals surface area contributed by atoms with Crippen LogP contribution < -0.4 is 0 Å². The van der Waals surface area contributed by atoms with Gasteiger partial charge in [0.2, 0.25) is 5.91 Å². The van der Waals surface area contributed by atoms with Gasteiger partial charge in [-0.25, -0.2) is 0 Å². The van der Waals surface area contributed by atoms with E-state index in [9.17, 15) is 9.59 Å². The molecule has 1 saturated heterocycles. The van der Waals surface area contributed by atoms with Gasteiger partial charge in [-0.05, 0) is 6.92 Å². The third-order valence-electron chi connectivity index (χ3n) is 1.94. The van der Waals surface area contributed by atoms with Crippen molar-refractivity contribution in [2.24, 2.45) is 5.92 Å². The van der Waals surface area contributed by atoms with Gasteiger partial charge in [-0.3, -0.25) is 9.59 Å². The fourth-order valence-electron chi connectivity index (χ4n) is 1.04. The van der Waals surface area contributed by atoms with Gasteiger partial charge in [-0.2, -0.15) is 0 Å². The highest BCUT2D eigenvalue weighted by Crippen LogP contribution is 2.15. The highest BCUT2D eigenvalue weighted by molar-refractivity contribution is 5.84. The lowest BCUT2D eigenvalue weighted by molar-refractivity contribution is -0.143. The second-order valence-corrected chi connectivity index (χ2v) is 2.76. The molecule has 0 aromatic carbocycles. The summed E-state index contributed by atoms with van der Waals surface area (Å²) in [6, 6.07) is 0. The van der Waals surface area contributed by atoms with Crippen molar-refractivity contribution in [3.05, 3.63) is 0 Å². The molecule has 0 aromatic rings. The van der Waals surface area contributed by atoms with E-state index in [0.29, 0.717) is 13.1 Å². The largest absolute Gasteiger partial charge is 0.387 e. The van der Waals surface area contributed by atoms with Crippen LogP contribution in [-0.2, 0) is 9.59 Å². The number of likely N-dealkylation sites (tertiary alicyclic amines) is 1. The van der Waals surface area contributed by atoms with Crippen LogP contribution in [0.2, 0.25) is 0 Å². The number of carbonyl (C=O) groups is 2. The van der Waals surface area contributed by atoms with Gasteiger partial charge in [-0.1, -0.05) is 0 Å². The molecule has 1 aliphatic heterocycles. The van der Waals surface area contributed by atoms with Crippen molar-refractivity contribution >= 4 is 11.7 Å². The molecule has 0 aromatic heterocycles. The van der Waals surface area contributed by atoms with Crippen molar-refractivity contribution in [2.45, 2.75) is 6.92 Å². The third-order valence-corrected chi connectivity index (χ3v) is 1.94. The molecule has 4 nitrogen and oxygen atoms in total. The molecule has 0 radical (unpaired) electrons. The van der Waals surface area contributed by atoms with Gasteiger partial charge in [-0.15, -0.1) is 0 Å².